The minimum atomic E-state index is -0.0175. The van der Waals surface area contributed by atoms with Crippen molar-refractivity contribution >= 4 is 87.5 Å². The summed E-state index contributed by atoms with van der Waals surface area (Å²) < 4.78 is 0. The molecule has 5 fully saturated rings. The number of aromatic nitrogens is 5. The first-order valence-electron chi connectivity index (χ1n) is 45.1. The molecule has 15 rings (SSSR count). The molecular formula is C105H125Cl5N10O5. The molecule has 660 valence electrons. The smallest absolute Gasteiger partial charge is 0.251 e. The van der Waals surface area contributed by atoms with Crippen molar-refractivity contribution in [2.75, 3.05) is 0 Å². The predicted octanol–water partition coefficient (Wildman–Crippen LogP) is 25.7. The van der Waals surface area contributed by atoms with Gasteiger partial charge in [-0.1, -0.05) is 58.0 Å². The number of hydrogen-bond acceptors (Lipinski definition) is 10. The number of aryl methyl sites for hydroxylation is 5. The van der Waals surface area contributed by atoms with Crippen molar-refractivity contribution in [1.29, 1.82) is 0 Å². The molecule has 10 aromatic rings. The number of nitrogens with one attached hydrogen (secondary N) is 5. The van der Waals surface area contributed by atoms with Crippen LogP contribution < -0.4 is 26.6 Å². The summed E-state index contributed by atoms with van der Waals surface area (Å²) in [4.78, 5) is 83.3. The molecule has 0 saturated heterocycles. The molecule has 1 unspecified atom stereocenters. The van der Waals surface area contributed by atoms with E-state index in [2.05, 4.69) is 147 Å². The Morgan fingerprint density at radius 1 is 0.232 bits per heavy atom. The van der Waals surface area contributed by atoms with Gasteiger partial charge in [-0.05, 0) is 467 Å². The van der Waals surface area contributed by atoms with Gasteiger partial charge < -0.3 is 26.6 Å². The monoisotopic (exact) mass is 1780 g/mol. The molecule has 5 saturated carbocycles. The van der Waals surface area contributed by atoms with Crippen LogP contribution in [-0.4, -0.2) is 84.7 Å². The maximum atomic E-state index is 12.4. The van der Waals surface area contributed by atoms with Gasteiger partial charge in [0.05, 0.1) is 0 Å². The molecule has 0 bridgehead atoms. The molecular weight excluding hydrogens is 1660 g/mol. The molecule has 5 aromatic heterocycles. The Morgan fingerprint density at radius 2 is 0.368 bits per heavy atom. The molecule has 0 aliphatic heterocycles. The number of benzene rings is 5. The number of hydrogen-bond donors (Lipinski definition) is 5. The number of carbonyl (C=O) groups is 5. The third-order valence-electron chi connectivity index (χ3n) is 26.7. The van der Waals surface area contributed by atoms with Crippen LogP contribution in [0.25, 0.3) is 0 Å². The number of amides is 5. The van der Waals surface area contributed by atoms with Crippen LogP contribution in [0, 0.1) is 64.2 Å². The Balaban J connectivity index is 0.000000152. The first kappa shape index (κ1) is 96.3. The number of halogens is 5. The lowest BCUT2D eigenvalue weighted by Crippen LogP contribution is -2.39. The van der Waals surface area contributed by atoms with Crippen molar-refractivity contribution in [3.05, 3.63) is 322 Å². The van der Waals surface area contributed by atoms with E-state index in [1.807, 2.05) is 65.6 Å². The van der Waals surface area contributed by atoms with Crippen LogP contribution in [-0.2, 0) is 0 Å². The van der Waals surface area contributed by atoms with Crippen molar-refractivity contribution in [2.45, 2.75) is 257 Å². The summed E-state index contributed by atoms with van der Waals surface area (Å²) in [6, 6.07) is 57.9. The Hall–Kier alpha value is -9.35. The lowest BCUT2D eigenvalue weighted by Gasteiger charge is -2.33. The number of pyridine rings is 5. The average molecular weight is 1780 g/mol. The quantitative estimate of drug-likeness (QED) is 0.0487. The van der Waals surface area contributed by atoms with Gasteiger partial charge in [0.2, 0.25) is 0 Å². The second-order valence-corrected chi connectivity index (χ2v) is 37.7. The van der Waals surface area contributed by atoms with Gasteiger partial charge in [-0.25, -0.2) is 0 Å². The second kappa shape index (κ2) is 48.0. The maximum absolute atomic E-state index is 12.4. The summed E-state index contributed by atoms with van der Waals surface area (Å²) in [7, 11) is 0. The van der Waals surface area contributed by atoms with E-state index < -0.39 is 0 Å². The van der Waals surface area contributed by atoms with Gasteiger partial charge in [-0.2, -0.15) is 0 Å². The van der Waals surface area contributed by atoms with E-state index in [1.54, 1.807) is 121 Å². The summed E-state index contributed by atoms with van der Waals surface area (Å²) in [5.74, 6) is 5.71. The molecule has 5 aliphatic carbocycles. The van der Waals surface area contributed by atoms with Crippen molar-refractivity contribution < 1.29 is 24.0 Å². The zero-order valence-corrected chi connectivity index (χ0v) is 78.0. The number of rotatable bonds is 20. The average Bonchev–Trinajstić information content (AvgIpc) is 0.846. The van der Waals surface area contributed by atoms with Crippen LogP contribution in [0.2, 0.25) is 25.1 Å². The van der Waals surface area contributed by atoms with Crippen molar-refractivity contribution in [2.24, 2.45) is 29.6 Å². The van der Waals surface area contributed by atoms with E-state index in [4.69, 9.17) is 58.0 Å². The van der Waals surface area contributed by atoms with Gasteiger partial charge >= 0.3 is 0 Å². The van der Waals surface area contributed by atoms with Crippen molar-refractivity contribution in [1.82, 2.24) is 51.5 Å². The van der Waals surface area contributed by atoms with Gasteiger partial charge in [0.25, 0.3) is 29.5 Å². The summed E-state index contributed by atoms with van der Waals surface area (Å²) in [5, 5.41) is 19.0. The van der Waals surface area contributed by atoms with Gasteiger partial charge in [0.1, 0.15) is 0 Å². The standard InChI is InChI=1S/5C21H25ClN2O/c5*1-14-13-19(11-12-23-14)17-5-3-16(4-6-17)15(2)24-21(25)18-7-9-20(22)10-8-18/h5*7-13,15-17H,3-6H2,1-2H3,(H,24,25)/t2*15-,16-,17+;2*15-,16-,17-;/m1010./s1. The molecule has 5 amide bonds. The van der Waals surface area contributed by atoms with E-state index in [1.165, 1.54) is 92.0 Å². The third kappa shape index (κ3) is 29.9. The third-order valence-corrected chi connectivity index (χ3v) is 27.9. The second-order valence-electron chi connectivity index (χ2n) is 35.6. The minimum absolute atomic E-state index is 0.0175. The lowest BCUT2D eigenvalue weighted by molar-refractivity contribution is 0.0909. The molecule has 5 N–H and O–H groups in total. The van der Waals surface area contributed by atoms with Crippen LogP contribution in [0.4, 0.5) is 0 Å². The van der Waals surface area contributed by atoms with Crippen molar-refractivity contribution in [3.63, 3.8) is 0 Å². The fourth-order valence-corrected chi connectivity index (χ4v) is 19.5. The normalized spacial score (nSPS) is 21.6. The van der Waals surface area contributed by atoms with Gasteiger partial charge in [0.15, 0.2) is 0 Å². The number of nitrogens with zero attached hydrogens (tertiary/aromatic N) is 5. The van der Waals surface area contributed by atoms with Crippen LogP contribution in [0.5, 0.6) is 0 Å². The highest BCUT2D eigenvalue weighted by atomic mass is 35.5. The Morgan fingerprint density at radius 3 is 0.496 bits per heavy atom. The van der Waals surface area contributed by atoms with Crippen LogP contribution in [0.3, 0.4) is 0 Å². The topological polar surface area (TPSA) is 210 Å². The first-order chi connectivity index (χ1) is 60.1. The Bertz CT molecular complexity index is 4340. The van der Waals surface area contributed by atoms with E-state index in [9.17, 15) is 24.0 Å². The molecule has 0 spiro atoms. The highest BCUT2D eigenvalue weighted by molar-refractivity contribution is 6.32. The molecule has 20 heteroatoms. The Labute approximate surface area is 766 Å². The molecule has 0 radical (unpaired) electrons. The highest BCUT2D eigenvalue weighted by Gasteiger charge is 2.33. The van der Waals surface area contributed by atoms with Crippen LogP contribution >= 0.6 is 58.0 Å². The SMILES string of the molecule is Cc1cc(C2CCC(C(C)NC(=O)c3ccc(Cl)cc3)CC2)ccn1.Cc1cc([C@H]2CC[C@@H]([C@@H](C)NC(=O)c3ccc(Cl)cc3)CC2)ccn1.Cc1cc([C@H]2CC[C@@H]([C@H](C)NC(=O)c3ccc(Cl)cc3)CC2)ccn1.Cc1cc([C@H]2CC[C@H]([C@@H](C)NC(=O)c3ccc(Cl)cc3)CC2)ccn1.Cc1cc([C@H]2CC[C@H]([C@H](C)NC(=O)c3ccc(Cl)cc3)CC2)ccn1. The van der Waals surface area contributed by atoms with Crippen molar-refractivity contribution in [3.8, 4) is 0 Å². The highest BCUT2D eigenvalue weighted by Crippen LogP contribution is 2.43. The molecule has 15 nitrogen and oxygen atoms in total. The van der Waals surface area contributed by atoms with Crippen LogP contribution in [0.1, 0.15) is 301 Å². The zero-order chi connectivity index (χ0) is 89.1. The van der Waals surface area contributed by atoms with Gasteiger partial charge in [0, 0.05) is 143 Å². The fraction of sp³-hybridized carbons (Fsp3) is 0.429. The summed E-state index contributed by atoms with van der Waals surface area (Å²) >= 11 is 29.4. The van der Waals surface area contributed by atoms with E-state index in [0.717, 1.165) is 92.7 Å². The minimum Gasteiger partial charge on any atom is -0.349 e. The summed E-state index contributed by atoms with van der Waals surface area (Å²) in [6.45, 7) is 20.8. The molecule has 5 aromatic carbocycles. The fourth-order valence-electron chi connectivity index (χ4n) is 18.9. The predicted molar refractivity (Wildman–Crippen MR) is 510 cm³/mol. The van der Waals surface area contributed by atoms with Gasteiger partial charge in [-0.15, -0.1) is 0 Å². The summed E-state index contributed by atoms with van der Waals surface area (Å²) in [6.07, 6.45) is 32.8. The Kier molecular flexibility index (Phi) is 37.0. The summed E-state index contributed by atoms with van der Waals surface area (Å²) in [5.41, 5.74) is 15.8. The van der Waals surface area contributed by atoms with Crippen LogP contribution in [0.15, 0.2) is 213 Å². The van der Waals surface area contributed by atoms with E-state index in [0.29, 0.717) is 112 Å². The molecule has 125 heavy (non-hydrogen) atoms. The maximum Gasteiger partial charge on any atom is 0.251 e. The van der Waals surface area contributed by atoms with E-state index >= 15 is 0 Å². The molecule has 5 heterocycles. The lowest BCUT2D eigenvalue weighted by atomic mass is 9.76. The largest absolute Gasteiger partial charge is 0.349 e. The molecule has 5 aliphatic rings. The van der Waals surface area contributed by atoms with Gasteiger partial charge in [-0.3, -0.25) is 48.9 Å². The zero-order valence-electron chi connectivity index (χ0n) is 74.2. The van der Waals surface area contributed by atoms with E-state index in [-0.39, 0.29) is 59.7 Å². The number of carbonyl (C=O) groups excluding carboxylic acids is 5. The molecule has 5 atom stereocenters. The first-order valence-corrected chi connectivity index (χ1v) is 47.0.